The van der Waals surface area contributed by atoms with E-state index in [1.54, 1.807) is 0 Å². The van der Waals surface area contributed by atoms with Crippen molar-refractivity contribution < 1.29 is 36.2 Å². The summed E-state index contributed by atoms with van der Waals surface area (Å²) < 4.78 is 74.4. The second kappa shape index (κ2) is 5.22. The maximum absolute atomic E-state index is 11.8. The molecule has 0 fully saturated rings. The lowest BCUT2D eigenvalue weighted by Crippen LogP contribution is -2.45. The molecule has 0 aromatic rings. The molecule has 15 heavy (non-hydrogen) atoms. The standard InChI is InChI=1S/C6H7ClF6O2/c7-1-3(14)2-15-4(5(8,9)10)6(11,12)13/h3-4,14H,1-2H2. The predicted molar refractivity (Wildman–Crippen MR) is 38.6 cm³/mol. The number of ether oxygens (including phenoxy) is 1. The Morgan fingerprint density at radius 1 is 1.07 bits per heavy atom. The minimum Gasteiger partial charge on any atom is -0.389 e. The highest BCUT2D eigenvalue weighted by atomic mass is 35.5. The maximum atomic E-state index is 11.8. The van der Waals surface area contributed by atoms with Crippen molar-refractivity contribution in [3.63, 3.8) is 0 Å². The molecule has 0 heterocycles. The molecule has 1 N–H and O–H groups in total. The molecule has 0 aliphatic carbocycles. The summed E-state index contributed by atoms with van der Waals surface area (Å²) >= 11 is 4.97. The molecular weight excluding hydrogens is 254 g/mol. The zero-order chi connectivity index (χ0) is 12.3. The van der Waals surface area contributed by atoms with Crippen LogP contribution in [0.3, 0.4) is 0 Å². The summed E-state index contributed by atoms with van der Waals surface area (Å²) in [5.74, 6) is -0.511. The van der Waals surface area contributed by atoms with E-state index in [9.17, 15) is 26.3 Å². The van der Waals surface area contributed by atoms with Gasteiger partial charge in [-0.1, -0.05) is 0 Å². The van der Waals surface area contributed by atoms with Gasteiger partial charge in [0, 0.05) is 0 Å². The molecule has 0 bridgehead atoms. The van der Waals surface area contributed by atoms with Crippen LogP contribution in [0, 0.1) is 0 Å². The van der Waals surface area contributed by atoms with E-state index in [0.717, 1.165) is 0 Å². The molecule has 0 aromatic carbocycles. The van der Waals surface area contributed by atoms with Crippen molar-refractivity contribution in [3.05, 3.63) is 0 Å². The fourth-order valence-corrected chi connectivity index (χ4v) is 0.715. The van der Waals surface area contributed by atoms with Crippen LogP contribution in [0.1, 0.15) is 0 Å². The first-order valence-electron chi connectivity index (χ1n) is 3.58. The van der Waals surface area contributed by atoms with Gasteiger partial charge in [-0.3, -0.25) is 0 Å². The van der Waals surface area contributed by atoms with Gasteiger partial charge in [0.1, 0.15) is 0 Å². The summed E-state index contributed by atoms with van der Waals surface area (Å²) in [7, 11) is 0. The monoisotopic (exact) mass is 260 g/mol. The van der Waals surface area contributed by atoms with Crippen LogP contribution in [-0.4, -0.2) is 42.2 Å². The Hall–Kier alpha value is -0.210. The van der Waals surface area contributed by atoms with Crippen LogP contribution < -0.4 is 0 Å². The van der Waals surface area contributed by atoms with Gasteiger partial charge in [-0.25, -0.2) is 0 Å². The van der Waals surface area contributed by atoms with Crippen LogP contribution in [0.25, 0.3) is 0 Å². The molecule has 0 radical (unpaired) electrons. The lowest BCUT2D eigenvalue weighted by atomic mass is 10.3. The van der Waals surface area contributed by atoms with E-state index in [2.05, 4.69) is 4.74 Å². The third-order valence-corrected chi connectivity index (χ3v) is 1.58. The second-order valence-electron chi connectivity index (χ2n) is 2.60. The Bertz CT molecular complexity index is 177. The van der Waals surface area contributed by atoms with E-state index >= 15 is 0 Å². The van der Waals surface area contributed by atoms with Crippen LogP contribution in [0.15, 0.2) is 0 Å². The van der Waals surface area contributed by atoms with E-state index in [1.807, 2.05) is 0 Å². The Morgan fingerprint density at radius 3 is 1.73 bits per heavy atom. The summed E-state index contributed by atoms with van der Waals surface area (Å²) in [6, 6.07) is 0. The highest BCUT2D eigenvalue weighted by Crippen LogP contribution is 2.35. The van der Waals surface area contributed by atoms with Crippen molar-refractivity contribution in [3.8, 4) is 0 Å². The van der Waals surface area contributed by atoms with Crippen molar-refractivity contribution in [2.75, 3.05) is 12.5 Å². The summed E-state index contributed by atoms with van der Waals surface area (Å²) in [5, 5.41) is 8.65. The first kappa shape index (κ1) is 14.8. The smallest absolute Gasteiger partial charge is 0.389 e. The molecule has 2 nitrogen and oxygen atoms in total. The molecule has 0 rings (SSSR count). The van der Waals surface area contributed by atoms with E-state index in [-0.39, 0.29) is 0 Å². The van der Waals surface area contributed by atoms with Gasteiger partial charge in [0.2, 0.25) is 6.10 Å². The topological polar surface area (TPSA) is 29.5 Å². The number of halogens is 7. The predicted octanol–water partition coefficient (Wildman–Crippen LogP) is 2.10. The van der Waals surface area contributed by atoms with Crippen LogP contribution in [-0.2, 0) is 4.74 Å². The fourth-order valence-electron chi connectivity index (χ4n) is 0.626. The average molecular weight is 261 g/mol. The van der Waals surface area contributed by atoms with Gasteiger partial charge < -0.3 is 9.84 Å². The fraction of sp³-hybridized carbons (Fsp3) is 1.00. The largest absolute Gasteiger partial charge is 0.423 e. The van der Waals surface area contributed by atoms with Crippen molar-refractivity contribution >= 4 is 11.6 Å². The van der Waals surface area contributed by atoms with Crippen LogP contribution >= 0.6 is 11.6 Å². The molecule has 0 saturated heterocycles. The van der Waals surface area contributed by atoms with Gasteiger partial charge >= 0.3 is 12.4 Å². The Balaban J connectivity index is 4.42. The molecule has 0 amide bonds. The third kappa shape index (κ3) is 5.43. The molecular formula is C6H7ClF6O2. The van der Waals surface area contributed by atoms with Crippen molar-refractivity contribution in [2.24, 2.45) is 0 Å². The van der Waals surface area contributed by atoms with Gasteiger partial charge in [0.05, 0.1) is 18.6 Å². The average Bonchev–Trinajstić information content (AvgIpc) is 1.99. The molecule has 9 heteroatoms. The molecule has 0 aliphatic heterocycles. The van der Waals surface area contributed by atoms with Crippen LogP contribution in [0.5, 0.6) is 0 Å². The van der Waals surface area contributed by atoms with E-state index in [0.29, 0.717) is 0 Å². The molecule has 92 valence electrons. The lowest BCUT2D eigenvalue weighted by molar-refractivity contribution is -0.324. The molecule has 0 spiro atoms. The van der Waals surface area contributed by atoms with E-state index < -0.39 is 37.0 Å². The zero-order valence-electron chi connectivity index (χ0n) is 7.07. The SMILES string of the molecule is OC(CCl)COC(C(F)(F)F)C(F)(F)F. The number of alkyl halides is 7. The van der Waals surface area contributed by atoms with Crippen LogP contribution in [0.2, 0.25) is 0 Å². The highest BCUT2D eigenvalue weighted by molar-refractivity contribution is 6.18. The lowest BCUT2D eigenvalue weighted by Gasteiger charge is -2.23. The summed E-state index contributed by atoms with van der Waals surface area (Å²) in [6.45, 7) is -1.13. The molecule has 0 aliphatic rings. The minimum atomic E-state index is -5.57. The van der Waals surface area contributed by atoms with Crippen molar-refractivity contribution in [2.45, 2.75) is 24.6 Å². The van der Waals surface area contributed by atoms with Gasteiger partial charge in [0.15, 0.2) is 0 Å². The van der Waals surface area contributed by atoms with Crippen LogP contribution in [0.4, 0.5) is 26.3 Å². The summed E-state index contributed by atoms with van der Waals surface area (Å²) in [6.07, 6.45) is -16.6. The van der Waals surface area contributed by atoms with Gasteiger partial charge in [-0.2, -0.15) is 26.3 Å². The highest BCUT2D eigenvalue weighted by Gasteiger charge is 2.58. The Labute approximate surface area is 85.8 Å². The first-order chi connectivity index (χ1) is 6.59. The number of aliphatic hydroxyl groups excluding tert-OH is 1. The Kier molecular flexibility index (Phi) is 5.15. The Morgan fingerprint density at radius 2 is 1.47 bits per heavy atom. The van der Waals surface area contributed by atoms with E-state index in [1.165, 1.54) is 0 Å². The minimum absolute atomic E-state index is 0.511. The van der Waals surface area contributed by atoms with Crippen molar-refractivity contribution in [1.82, 2.24) is 0 Å². The van der Waals surface area contributed by atoms with E-state index in [4.69, 9.17) is 16.7 Å². The quantitative estimate of drug-likeness (QED) is 0.620. The first-order valence-corrected chi connectivity index (χ1v) is 4.11. The number of aliphatic hydroxyl groups is 1. The molecule has 1 atom stereocenters. The van der Waals surface area contributed by atoms with Gasteiger partial charge in [0.25, 0.3) is 0 Å². The number of rotatable bonds is 4. The maximum Gasteiger partial charge on any atom is 0.423 e. The van der Waals surface area contributed by atoms with Gasteiger partial charge in [-0.15, -0.1) is 11.6 Å². The number of hydrogen-bond acceptors (Lipinski definition) is 2. The third-order valence-electron chi connectivity index (χ3n) is 1.23. The van der Waals surface area contributed by atoms with Gasteiger partial charge in [-0.05, 0) is 0 Å². The molecule has 1 unspecified atom stereocenters. The molecule has 0 aromatic heterocycles. The second-order valence-corrected chi connectivity index (χ2v) is 2.91. The molecule has 0 saturated carbocycles. The summed E-state index contributed by atoms with van der Waals surface area (Å²) in [5.41, 5.74) is 0. The van der Waals surface area contributed by atoms with Crippen molar-refractivity contribution in [1.29, 1.82) is 0 Å². The summed E-state index contributed by atoms with van der Waals surface area (Å²) in [4.78, 5) is 0. The normalized spacial score (nSPS) is 15.8. The number of hydrogen-bond donors (Lipinski definition) is 1. The zero-order valence-corrected chi connectivity index (χ0v) is 7.83.